The Bertz CT molecular complexity index is 551. The molecule has 1 heterocycles. The van der Waals surface area contributed by atoms with Gasteiger partial charge in [0.25, 0.3) is 0 Å². The number of hydrogen-bond acceptors (Lipinski definition) is 3. The van der Waals surface area contributed by atoms with Crippen LogP contribution in [0.15, 0.2) is 28.2 Å². The summed E-state index contributed by atoms with van der Waals surface area (Å²) in [6.07, 6.45) is -3.55. The molecule has 1 aromatic heterocycles. The molecule has 0 aliphatic carbocycles. The Morgan fingerprint density at radius 1 is 1.33 bits per heavy atom. The Labute approximate surface area is 101 Å². The molecule has 0 radical (unpaired) electrons. The second-order valence-electron chi connectivity index (χ2n) is 3.49. The van der Waals surface area contributed by atoms with Gasteiger partial charge in [-0.05, 0) is 6.42 Å². The number of aromatic nitrogens is 1. The van der Waals surface area contributed by atoms with Crippen LogP contribution in [0, 0.1) is 0 Å². The van der Waals surface area contributed by atoms with E-state index < -0.39 is 32.9 Å². The van der Waals surface area contributed by atoms with Gasteiger partial charge < -0.3 is 4.98 Å². The van der Waals surface area contributed by atoms with Gasteiger partial charge in [0, 0.05) is 31.4 Å². The van der Waals surface area contributed by atoms with E-state index in [1.807, 2.05) is 4.72 Å². The third-order valence-electron chi connectivity index (χ3n) is 2.01. The molecule has 9 heteroatoms. The first-order chi connectivity index (χ1) is 8.22. The maximum Gasteiger partial charge on any atom is 0.389 e. The van der Waals surface area contributed by atoms with Crippen molar-refractivity contribution in [3.05, 3.63) is 28.7 Å². The molecule has 1 rings (SSSR count). The number of nitrogens with one attached hydrogen (secondary N) is 2. The van der Waals surface area contributed by atoms with Gasteiger partial charge >= 0.3 is 6.18 Å². The summed E-state index contributed by atoms with van der Waals surface area (Å²) in [5.41, 5.74) is -0.725. The second-order valence-corrected chi connectivity index (χ2v) is 5.22. The van der Waals surface area contributed by atoms with Gasteiger partial charge in [0.15, 0.2) is 0 Å². The molecule has 5 nitrogen and oxygen atoms in total. The highest BCUT2D eigenvalue weighted by Crippen LogP contribution is 2.20. The van der Waals surface area contributed by atoms with Gasteiger partial charge in [-0.15, -0.1) is 0 Å². The van der Waals surface area contributed by atoms with Crippen molar-refractivity contribution >= 4 is 10.0 Å². The number of aromatic amines is 1. The Hall–Kier alpha value is -1.35. The number of rotatable bonds is 5. The van der Waals surface area contributed by atoms with Crippen molar-refractivity contribution in [1.29, 1.82) is 0 Å². The van der Waals surface area contributed by atoms with Crippen LogP contribution in [-0.2, 0) is 10.0 Å². The first-order valence-electron chi connectivity index (χ1n) is 4.96. The van der Waals surface area contributed by atoms with E-state index in [4.69, 9.17) is 0 Å². The van der Waals surface area contributed by atoms with Crippen LogP contribution in [0.2, 0.25) is 0 Å². The standard InChI is InChI=1S/C9H11F3N2O3S/c10-9(11,12)3-1-4-14-18(16,17)8-6-13-5-2-7(8)15/h2,5-6,14H,1,3-4H2,(H,13,15). The molecule has 18 heavy (non-hydrogen) atoms. The summed E-state index contributed by atoms with van der Waals surface area (Å²) in [6, 6.07) is 1.02. The van der Waals surface area contributed by atoms with Crippen molar-refractivity contribution < 1.29 is 21.6 Å². The summed E-state index contributed by atoms with van der Waals surface area (Å²) in [4.78, 5) is 13.1. The quantitative estimate of drug-likeness (QED) is 0.792. The van der Waals surface area contributed by atoms with E-state index in [0.717, 1.165) is 12.3 Å². The minimum absolute atomic E-state index is 0.379. The lowest BCUT2D eigenvalue weighted by atomic mass is 10.3. The zero-order valence-corrected chi connectivity index (χ0v) is 9.94. The zero-order chi connectivity index (χ0) is 13.8. The molecule has 0 amide bonds. The predicted octanol–water partition coefficient (Wildman–Crippen LogP) is 0.996. The summed E-state index contributed by atoms with van der Waals surface area (Å²) in [5, 5.41) is 0. The van der Waals surface area contributed by atoms with E-state index in [2.05, 4.69) is 4.98 Å². The fraction of sp³-hybridized carbons (Fsp3) is 0.444. The van der Waals surface area contributed by atoms with Crippen molar-refractivity contribution in [3.8, 4) is 0 Å². The maximum absolute atomic E-state index is 11.8. The molecule has 0 aliphatic rings. The number of alkyl halides is 3. The number of sulfonamides is 1. The minimum atomic E-state index is -4.32. The van der Waals surface area contributed by atoms with Crippen molar-refractivity contribution in [3.63, 3.8) is 0 Å². The predicted molar refractivity (Wildman–Crippen MR) is 57.5 cm³/mol. The monoisotopic (exact) mass is 284 g/mol. The first kappa shape index (κ1) is 14.7. The van der Waals surface area contributed by atoms with Crippen LogP contribution < -0.4 is 10.2 Å². The van der Waals surface area contributed by atoms with Crippen molar-refractivity contribution in [2.45, 2.75) is 23.9 Å². The Balaban J connectivity index is 2.62. The third kappa shape index (κ3) is 4.49. The van der Waals surface area contributed by atoms with Crippen LogP contribution in [0.1, 0.15) is 12.8 Å². The molecule has 0 unspecified atom stereocenters. The molecule has 0 atom stereocenters. The van der Waals surface area contributed by atoms with Gasteiger partial charge in [-0.1, -0.05) is 0 Å². The minimum Gasteiger partial charge on any atom is -0.366 e. The fourth-order valence-corrected chi connectivity index (χ4v) is 2.31. The lowest BCUT2D eigenvalue weighted by molar-refractivity contribution is -0.135. The van der Waals surface area contributed by atoms with E-state index >= 15 is 0 Å². The molecule has 0 saturated carbocycles. The summed E-state index contributed by atoms with van der Waals surface area (Å²) in [5.74, 6) is 0. The molecule has 0 saturated heterocycles. The van der Waals surface area contributed by atoms with Crippen LogP contribution in [0.5, 0.6) is 0 Å². The van der Waals surface area contributed by atoms with E-state index in [-0.39, 0.29) is 13.0 Å². The largest absolute Gasteiger partial charge is 0.389 e. The van der Waals surface area contributed by atoms with Crippen LogP contribution in [-0.4, -0.2) is 26.1 Å². The fourth-order valence-electron chi connectivity index (χ4n) is 1.18. The Morgan fingerprint density at radius 3 is 2.56 bits per heavy atom. The van der Waals surface area contributed by atoms with E-state index in [1.165, 1.54) is 6.20 Å². The van der Waals surface area contributed by atoms with Crippen LogP contribution in [0.3, 0.4) is 0 Å². The van der Waals surface area contributed by atoms with Gasteiger partial charge in [-0.2, -0.15) is 13.2 Å². The number of hydrogen-bond donors (Lipinski definition) is 2. The smallest absolute Gasteiger partial charge is 0.366 e. The highest BCUT2D eigenvalue weighted by Gasteiger charge is 2.26. The van der Waals surface area contributed by atoms with Gasteiger partial charge in [0.1, 0.15) is 4.90 Å². The highest BCUT2D eigenvalue weighted by molar-refractivity contribution is 7.89. The van der Waals surface area contributed by atoms with Crippen LogP contribution in [0.25, 0.3) is 0 Å². The van der Waals surface area contributed by atoms with Crippen LogP contribution in [0.4, 0.5) is 13.2 Å². The molecule has 0 spiro atoms. The van der Waals surface area contributed by atoms with Gasteiger partial charge in [0.2, 0.25) is 15.5 Å². The maximum atomic E-state index is 11.8. The molecular weight excluding hydrogens is 273 g/mol. The van der Waals surface area contributed by atoms with Gasteiger partial charge in [-0.25, -0.2) is 13.1 Å². The molecule has 2 N–H and O–H groups in total. The number of halogens is 3. The zero-order valence-electron chi connectivity index (χ0n) is 9.12. The molecule has 0 aliphatic heterocycles. The summed E-state index contributed by atoms with van der Waals surface area (Å²) in [6.45, 7) is -0.379. The molecular formula is C9H11F3N2O3S. The lowest BCUT2D eigenvalue weighted by Gasteiger charge is -2.07. The van der Waals surface area contributed by atoms with E-state index in [0.29, 0.717) is 0 Å². The third-order valence-corrected chi connectivity index (χ3v) is 3.49. The van der Waals surface area contributed by atoms with E-state index in [1.54, 1.807) is 0 Å². The molecule has 0 aromatic carbocycles. The van der Waals surface area contributed by atoms with Crippen molar-refractivity contribution in [2.75, 3.05) is 6.54 Å². The molecule has 102 valence electrons. The SMILES string of the molecule is O=c1cc[nH]cc1S(=O)(=O)NCCCC(F)(F)F. The second kappa shape index (κ2) is 5.53. The van der Waals surface area contributed by atoms with Crippen molar-refractivity contribution in [2.24, 2.45) is 0 Å². The average Bonchev–Trinajstić information content (AvgIpc) is 2.24. The first-order valence-corrected chi connectivity index (χ1v) is 6.44. The molecule has 0 bridgehead atoms. The lowest BCUT2D eigenvalue weighted by Crippen LogP contribution is -2.29. The summed E-state index contributed by atoms with van der Waals surface area (Å²) < 4.78 is 60.6. The summed E-state index contributed by atoms with van der Waals surface area (Å²) >= 11 is 0. The number of pyridine rings is 1. The van der Waals surface area contributed by atoms with Crippen molar-refractivity contribution in [1.82, 2.24) is 9.71 Å². The Morgan fingerprint density at radius 2 is 2.00 bits per heavy atom. The summed E-state index contributed by atoms with van der Waals surface area (Å²) in [7, 11) is -4.07. The average molecular weight is 284 g/mol. The highest BCUT2D eigenvalue weighted by atomic mass is 32.2. The van der Waals surface area contributed by atoms with Gasteiger partial charge in [0.05, 0.1) is 0 Å². The van der Waals surface area contributed by atoms with Gasteiger partial charge in [-0.3, -0.25) is 4.79 Å². The Kier molecular flexibility index (Phi) is 4.52. The topological polar surface area (TPSA) is 79.0 Å². The number of H-pyrrole nitrogens is 1. The molecule has 1 aromatic rings. The normalized spacial score (nSPS) is 12.6. The van der Waals surface area contributed by atoms with E-state index in [9.17, 15) is 26.4 Å². The molecule has 0 fully saturated rings. The van der Waals surface area contributed by atoms with Crippen LogP contribution >= 0.6 is 0 Å².